The standard InChI is InChI=1S/C20H22FNO3/c1-25-18-11-5-3-9-16(18)19(15-8-2-4-10-17(15)21)22-12-6-7-14(13-22)20(23)24/h2-5,8-11,14,19H,6-7,12-13H2,1H3,(H,23,24). The molecule has 0 aromatic heterocycles. The third kappa shape index (κ3) is 3.66. The van der Waals surface area contributed by atoms with Gasteiger partial charge < -0.3 is 9.84 Å². The lowest BCUT2D eigenvalue weighted by molar-refractivity contribution is -0.143. The molecule has 0 saturated carbocycles. The van der Waals surface area contributed by atoms with Gasteiger partial charge in [-0.1, -0.05) is 36.4 Å². The Bertz CT molecular complexity index is 749. The molecular formula is C20H22FNO3. The van der Waals surface area contributed by atoms with Crippen molar-refractivity contribution in [2.75, 3.05) is 20.2 Å². The molecule has 1 N–H and O–H groups in total. The molecule has 25 heavy (non-hydrogen) atoms. The van der Waals surface area contributed by atoms with Crippen LogP contribution in [0.4, 0.5) is 4.39 Å². The number of rotatable bonds is 5. The van der Waals surface area contributed by atoms with E-state index in [1.807, 2.05) is 24.3 Å². The normalized spacial score (nSPS) is 19.4. The quantitative estimate of drug-likeness (QED) is 0.899. The summed E-state index contributed by atoms with van der Waals surface area (Å²) in [5.41, 5.74) is 1.39. The number of hydrogen-bond acceptors (Lipinski definition) is 3. The van der Waals surface area contributed by atoms with Crippen LogP contribution in [0.15, 0.2) is 48.5 Å². The number of carbonyl (C=O) groups is 1. The van der Waals surface area contributed by atoms with E-state index < -0.39 is 11.9 Å². The number of para-hydroxylation sites is 1. The van der Waals surface area contributed by atoms with Crippen molar-refractivity contribution in [3.63, 3.8) is 0 Å². The lowest BCUT2D eigenvalue weighted by Crippen LogP contribution is -2.41. The molecule has 0 radical (unpaired) electrons. The van der Waals surface area contributed by atoms with Gasteiger partial charge in [-0.05, 0) is 31.5 Å². The number of nitrogens with zero attached hydrogens (tertiary/aromatic N) is 1. The van der Waals surface area contributed by atoms with Gasteiger partial charge in [0, 0.05) is 17.7 Å². The van der Waals surface area contributed by atoms with Crippen LogP contribution in [0, 0.1) is 11.7 Å². The van der Waals surface area contributed by atoms with Gasteiger partial charge in [0.05, 0.1) is 19.1 Å². The highest BCUT2D eigenvalue weighted by atomic mass is 19.1. The molecule has 1 saturated heterocycles. The lowest BCUT2D eigenvalue weighted by Gasteiger charge is -2.38. The first kappa shape index (κ1) is 17.4. The van der Waals surface area contributed by atoms with E-state index in [0.717, 1.165) is 18.5 Å². The number of hydrogen-bond donors (Lipinski definition) is 1. The predicted molar refractivity (Wildman–Crippen MR) is 93.2 cm³/mol. The molecule has 5 heteroatoms. The van der Waals surface area contributed by atoms with Gasteiger partial charge >= 0.3 is 5.97 Å². The maximum absolute atomic E-state index is 14.6. The van der Waals surface area contributed by atoms with Crippen LogP contribution < -0.4 is 4.74 Å². The van der Waals surface area contributed by atoms with Crippen molar-refractivity contribution >= 4 is 5.97 Å². The van der Waals surface area contributed by atoms with Gasteiger partial charge in [0.25, 0.3) is 0 Å². The van der Waals surface area contributed by atoms with E-state index in [2.05, 4.69) is 4.90 Å². The van der Waals surface area contributed by atoms with E-state index in [-0.39, 0.29) is 11.9 Å². The van der Waals surface area contributed by atoms with E-state index in [1.54, 1.807) is 25.3 Å². The van der Waals surface area contributed by atoms with Crippen LogP contribution in [0.25, 0.3) is 0 Å². The van der Waals surface area contributed by atoms with Crippen molar-refractivity contribution in [1.82, 2.24) is 4.90 Å². The van der Waals surface area contributed by atoms with Crippen LogP contribution in [0.3, 0.4) is 0 Å². The monoisotopic (exact) mass is 343 g/mol. The van der Waals surface area contributed by atoms with Crippen molar-refractivity contribution in [2.45, 2.75) is 18.9 Å². The van der Waals surface area contributed by atoms with Crippen LogP contribution in [-0.4, -0.2) is 36.2 Å². The summed E-state index contributed by atoms with van der Waals surface area (Å²) in [6.07, 6.45) is 1.43. The fraction of sp³-hybridized carbons (Fsp3) is 0.350. The maximum Gasteiger partial charge on any atom is 0.307 e. The number of benzene rings is 2. The van der Waals surface area contributed by atoms with Crippen molar-refractivity contribution < 1.29 is 19.0 Å². The smallest absolute Gasteiger partial charge is 0.307 e. The molecule has 1 heterocycles. The van der Waals surface area contributed by atoms with Gasteiger partial charge in [0.15, 0.2) is 0 Å². The minimum absolute atomic E-state index is 0.296. The van der Waals surface area contributed by atoms with E-state index in [1.165, 1.54) is 6.07 Å². The highest BCUT2D eigenvalue weighted by Crippen LogP contribution is 2.38. The van der Waals surface area contributed by atoms with Crippen molar-refractivity contribution in [1.29, 1.82) is 0 Å². The topological polar surface area (TPSA) is 49.8 Å². The Morgan fingerprint density at radius 3 is 2.56 bits per heavy atom. The molecule has 2 aromatic carbocycles. The number of carboxylic acid groups (broad SMARTS) is 1. The number of aliphatic carboxylic acids is 1. The average molecular weight is 343 g/mol. The second-order valence-electron chi connectivity index (χ2n) is 6.34. The number of likely N-dealkylation sites (tertiary alicyclic amines) is 1. The zero-order chi connectivity index (χ0) is 17.8. The summed E-state index contributed by atoms with van der Waals surface area (Å²) in [5.74, 6) is -0.848. The van der Waals surface area contributed by atoms with Gasteiger partial charge in [-0.25, -0.2) is 4.39 Å². The highest BCUT2D eigenvalue weighted by molar-refractivity contribution is 5.70. The first-order chi connectivity index (χ1) is 12.1. The maximum atomic E-state index is 14.6. The highest BCUT2D eigenvalue weighted by Gasteiger charge is 2.33. The Morgan fingerprint density at radius 2 is 1.88 bits per heavy atom. The minimum atomic E-state index is -0.794. The summed E-state index contributed by atoms with van der Waals surface area (Å²) in [6, 6.07) is 13.8. The fourth-order valence-corrected chi connectivity index (χ4v) is 3.59. The summed E-state index contributed by atoms with van der Waals surface area (Å²) in [5, 5.41) is 9.41. The number of methoxy groups -OCH3 is 1. The molecule has 2 aromatic rings. The Labute approximate surface area is 146 Å². The Balaban J connectivity index is 2.06. The lowest BCUT2D eigenvalue weighted by atomic mass is 9.91. The number of ether oxygens (including phenoxy) is 1. The first-order valence-electron chi connectivity index (χ1n) is 8.46. The molecule has 4 nitrogen and oxygen atoms in total. The van der Waals surface area contributed by atoms with Crippen molar-refractivity contribution in [2.24, 2.45) is 5.92 Å². The molecule has 1 aliphatic heterocycles. The Hall–Kier alpha value is -2.40. The average Bonchev–Trinajstić information content (AvgIpc) is 2.64. The van der Waals surface area contributed by atoms with E-state index >= 15 is 0 Å². The van der Waals surface area contributed by atoms with Crippen LogP contribution in [-0.2, 0) is 4.79 Å². The molecule has 0 aliphatic carbocycles. The third-order valence-electron chi connectivity index (χ3n) is 4.80. The number of halogens is 1. The van der Waals surface area contributed by atoms with E-state index in [4.69, 9.17) is 4.74 Å². The van der Waals surface area contributed by atoms with Crippen LogP contribution >= 0.6 is 0 Å². The van der Waals surface area contributed by atoms with Gasteiger partial charge in [-0.2, -0.15) is 0 Å². The molecular weight excluding hydrogens is 321 g/mol. The van der Waals surface area contributed by atoms with Crippen LogP contribution in [0.5, 0.6) is 5.75 Å². The van der Waals surface area contributed by atoms with Crippen LogP contribution in [0.1, 0.15) is 30.0 Å². The third-order valence-corrected chi connectivity index (χ3v) is 4.80. The summed E-state index contributed by atoms with van der Waals surface area (Å²) >= 11 is 0. The Morgan fingerprint density at radius 1 is 1.20 bits per heavy atom. The Kier molecular flexibility index (Phi) is 5.34. The zero-order valence-electron chi connectivity index (χ0n) is 14.2. The molecule has 1 aliphatic rings. The minimum Gasteiger partial charge on any atom is -0.496 e. The van der Waals surface area contributed by atoms with Gasteiger partial charge in [-0.3, -0.25) is 9.69 Å². The molecule has 0 bridgehead atoms. The molecule has 2 unspecified atom stereocenters. The summed E-state index contributed by atoms with van der Waals surface area (Å²) in [4.78, 5) is 13.5. The molecule has 132 valence electrons. The zero-order valence-corrected chi connectivity index (χ0v) is 14.2. The largest absolute Gasteiger partial charge is 0.496 e. The fourth-order valence-electron chi connectivity index (χ4n) is 3.59. The van der Waals surface area contributed by atoms with Gasteiger partial charge in [0.2, 0.25) is 0 Å². The van der Waals surface area contributed by atoms with Crippen molar-refractivity contribution in [3.05, 3.63) is 65.5 Å². The molecule has 3 rings (SSSR count). The molecule has 0 amide bonds. The summed E-state index contributed by atoms with van der Waals surface area (Å²) < 4.78 is 20.1. The van der Waals surface area contributed by atoms with Gasteiger partial charge in [0.1, 0.15) is 11.6 Å². The van der Waals surface area contributed by atoms with Gasteiger partial charge in [-0.15, -0.1) is 0 Å². The van der Waals surface area contributed by atoms with Crippen LogP contribution in [0.2, 0.25) is 0 Å². The van der Waals surface area contributed by atoms with E-state index in [9.17, 15) is 14.3 Å². The predicted octanol–water partition coefficient (Wildman–Crippen LogP) is 3.72. The van der Waals surface area contributed by atoms with E-state index in [0.29, 0.717) is 24.3 Å². The summed E-state index contributed by atoms with van der Waals surface area (Å²) in [7, 11) is 1.59. The second-order valence-corrected chi connectivity index (χ2v) is 6.34. The second kappa shape index (κ2) is 7.66. The summed E-state index contributed by atoms with van der Waals surface area (Å²) in [6.45, 7) is 1.12. The molecule has 1 fully saturated rings. The van der Waals surface area contributed by atoms with Crippen molar-refractivity contribution in [3.8, 4) is 5.75 Å². The molecule has 0 spiro atoms. The molecule has 2 atom stereocenters. The SMILES string of the molecule is COc1ccccc1C(c1ccccc1F)N1CCCC(C(=O)O)C1. The number of piperidine rings is 1. The number of carboxylic acids is 1. The first-order valence-corrected chi connectivity index (χ1v) is 8.46.